The number of nitrogens with one attached hydrogen (secondary N) is 3. The van der Waals surface area contributed by atoms with Gasteiger partial charge in [0.05, 0.1) is 63.7 Å². The van der Waals surface area contributed by atoms with Gasteiger partial charge in [-0.25, -0.2) is 0 Å². The van der Waals surface area contributed by atoms with Gasteiger partial charge in [0.1, 0.15) is 24.4 Å². The summed E-state index contributed by atoms with van der Waals surface area (Å²) in [5.74, 6) is -1.04. The van der Waals surface area contributed by atoms with E-state index in [4.69, 9.17) is 24.7 Å². The number of hydrogen-bond acceptors (Lipinski definition) is 15. The molecular weight excluding hydrogens is 893 g/mol. The number of para-hydroxylation sites is 1. The standard InChI is InChI=1S/C49H66N8O10S/c1-32-15-26-68-43(32)34-11-9-33(10-12-34)29-52-47(62)40-27-36(58)30-57(40)48(63)44(49(2,3)4)53-42(60)31-67-25-24-66-23-22-65-21-20-64-19-16-51-46(61)35-13-17-56(18-14-35)39-28-38(54-55-45(39)50)37-7-5-6-8-41(37)59/h5-12,15,26,28,35-36,40,44,58-59H,13-14,16-25,27,29-31H2,1-4H3,(H2,50,55)(H,51,61)(H,52,62)(H,53,60)/t36-,40+,44-/m1/s1. The number of rotatable bonds is 23. The van der Waals surface area contributed by atoms with Crippen molar-refractivity contribution in [1.29, 1.82) is 0 Å². The number of ether oxygens (including phenoxy) is 4. The molecule has 4 aromatic rings. The fourth-order valence-corrected chi connectivity index (χ4v) is 9.07. The van der Waals surface area contributed by atoms with Crippen LogP contribution in [-0.2, 0) is 44.7 Å². The Kier molecular flexibility index (Phi) is 19.1. The van der Waals surface area contributed by atoms with Crippen LogP contribution < -0.4 is 26.6 Å². The minimum atomic E-state index is -0.968. The summed E-state index contributed by atoms with van der Waals surface area (Å²) in [6, 6.07) is 17.0. The number of aliphatic hydroxyl groups is 1. The third kappa shape index (κ3) is 14.7. The molecule has 3 atom stereocenters. The van der Waals surface area contributed by atoms with Gasteiger partial charge < -0.3 is 60.6 Å². The molecule has 2 aliphatic heterocycles. The minimum Gasteiger partial charge on any atom is -0.507 e. The van der Waals surface area contributed by atoms with Crippen LogP contribution >= 0.6 is 11.3 Å². The molecule has 2 saturated heterocycles. The van der Waals surface area contributed by atoms with Gasteiger partial charge in [-0.05, 0) is 71.5 Å². The van der Waals surface area contributed by atoms with Crippen molar-refractivity contribution in [2.45, 2.75) is 71.7 Å². The van der Waals surface area contributed by atoms with E-state index in [-0.39, 0.29) is 62.8 Å². The molecule has 2 aliphatic rings. The third-order valence-electron chi connectivity index (χ3n) is 11.9. The molecule has 0 saturated carbocycles. The highest BCUT2D eigenvalue weighted by Gasteiger charge is 2.44. The number of nitrogens with two attached hydrogens (primary N) is 1. The number of aryl methyl sites for hydroxylation is 1. The number of benzene rings is 2. The molecule has 18 nitrogen and oxygen atoms in total. The number of phenols is 1. The molecule has 6 rings (SSSR count). The Hall–Kier alpha value is -5.70. The van der Waals surface area contributed by atoms with Crippen LogP contribution in [0.2, 0.25) is 0 Å². The van der Waals surface area contributed by atoms with Gasteiger partial charge in [0.15, 0.2) is 5.82 Å². The Morgan fingerprint density at radius 2 is 1.53 bits per heavy atom. The largest absolute Gasteiger partial charge is 0.507 e. The summed E-state index contributed by atoms with van der Waals surface area (Å²) >= 11 is 1.68. The maximum atomic E-state index is 13.9. The van der Waals surface area contributed by atoms with Crippen LogP contribution in [0.3, 0.4) is 0 Å². The molecule has 4 amide bonds. The summed E-state index contributed by atoms with van der Waals surface area (Å²) in [7, 11) is 0. The zero-order valence-electron chi connectivity index (χ0n) is 39.4. The number of nitrogen functional groups attached to an aromatic ring is 1. The number of nitrogens with zero attached hydrogens (tertiary/aromatic N) is 4. The number of likely N-dealkylation sites (tertiary alicyclic amines) is 1. The van der Waals surface area contributed by atoms with Gasteiger partial charge in [-0.3, -0.25) is 19.2 Å². The highest BCUT2D eigenvalue weighted by molar-refractivity contribution is 7.13. The Balaban J connectivity index is 0.785. The number of aromatic nitrogens is 2. The molecule has 7 N–H and O–H groups in total. The average molecular weight is 959 g/mol. The second-order valence-corrected chi connectivity index (χ2v) is 19.0. The van der Waals surface area contributed by atoms with E-state index in [0.29, 0.717) is 82.6 Å². The Bertz CT molecular complexity index is 2280. The normalized spacial score (nSPS) is 17.0. The Morgan fingerprint density at radius 3 is 2.18 bits per heavy atom. The predicted octanol–water partition coefficient (Wildman–Crippen LogP) is 3.68. The summed E-state index contributed by atoms with van der Waals surface area (Å²) in [6.07, 6.45) is 0.536. The number of β-amino-alcohol motifs (C(OH)–C–C–N with tert-alkyl or cyclic N) is 1. The number of hydrogen-bond donors (Lipinski definition) is 6. The van der Waals surface area contributed by atoms with Crippen LogP contribution in [-0.4, -0.2) is 146 Å². The zero-order chi connectivity index (χ0) is 48.6. The lowest BCUT2D eigenvalue weighted by Crippen LogP contribution is -2.58. The predicted molar refractivity (Wildman–Crippen MR) is 259 cm³/mol. The lowest BCUT2D eigenvalue weighted by molar-refractivity contribution is -0.144. The molecule has 368 valence electrons. The number of piperidine rings is 1. The molecule has 0 spiro atoms. The number of carbonyl (C=O) groups excluding carboxylic acids is 4. The average Bonchev–Trinajstić information content (AvgIpc) is 3.95. The van der Waals surface area contributed by atoms with Crippen molar-refractivity contribution in [1.82, 2.24) is 31.0 Å². The van der Waals surface area contributed by atoms with Gasteiger partial charge in [0, 0.05) is 55.5 Å². The quantitative estimate of drug-likeness (QED) is 0.0582. The molecule has 0 unspecified atom stereocenters. The molecule has 0 bridgehead atoms. The number of aliphatic hydroxyl groups excluding tert-OH is 1. The summed E-state index contributed by atoms with van der Waals surface area (Å²) in [4.78, 5) is 57.8. The number of carbonyl (C=O) groups is 4. The van der Waals surface area contributed by atoms with E-state index in [0.717, 1.165) is 16.8 Å². The van der Waals surface area contributed by atoms with E-state index in [1.54, 1.807) is 29.5 Å². The van der Waals surface area contributed by atoms with Gasteiger partial charge in [-0.2, -0.15) is 0 Å². The van der Waals surface area contributed by atoms with Crippen molar-refractivity contribution in [3.63, 3.8) is 0 Å². The van der Waals surface area contributed by atoms with Gasteiger partial charge in [-0.1, -0.05) is 57.2 Å². The fourth-order valence-electron chi connectivity index (χ4n) is 8.14. The van der Waals surface area contributed by atoms with Crippen molar-refractivity contribution in [3.8, 4) is 27.4 Å². The summed E-state index contributed by atoms with van der Waals surface area (Å²) in [5.41, 5.74) is 10.5. The van der Waals surface area contributed by atoms with E-state index < -0.39 is 35.4 Å². The van der Waals surface area contributed by atoms with E-state index >= 15 is 0 Å². The number of amides is 4. The van der Waals surface area contributed by atoms with Crippen LogP contribution in [0.5, 0.6) is 5.75 Å². The molecular formula is C49H66N8O10S. The van der Waals surface area contributed by atoms with Crippen LogP contribution in [0.1, 0.15) is 51.2 Å². The van der Waals surface area contributed by atoms with Crippen molar-refractivity contribution in [3.05, 3.63) is 77.2 Å². The SMILES string of the molecule is Cc1ccsc1-c1ccc(CNC(=O)[C@@H]2C[C@@H](O)CN2C(=O)[C@@H](NC(=O)COCCOCCOCCOCCNC(=O)C2CCN(c3cc(-c4ccccc4O)nnc3N)CC2)C(C)(C)C)cc1. The molecule has 0 aliphatic carbocycles. The summed E-state index contributed by atoms with van der Waals surface area (Å²) < 4.78 is 22.2. The van der Waals surface area contributed by atoms with Crippen molar-refractivity contribution in [2.24, 2.45) is 11.3 Å². The van der Waals surface area contributed by atoms with Crippen LogP contribution in [0.4, 0.5) is 11.5 Å². The maximum absolute atomic E-state index is 13.9. The highest BCUT2D eigenvalue weighted by atomic mass is 32.1. The van der Waals surface area contributed by atoms with Gasteiger partial charge in [-0.15, -0.1) is 21.5 Å². The van der Waals surface area contributed by atoms with Gasteiger partial charge >= 0.3 is 0 Å². The first-order valence-corrected chi connectivity index (χ1v) is 24.0. The molecule has 2 aromatic heterocycles. The highest BCUT2D eigenvalue weighted by Crippen LogP contribution is 2.34. The van der Waals surface area contributed by atoms with Crippen molar-refractivity contribution < 1.29 is 48.3 Å². The van der Waals surface area contributed by atoms with Crippen molar-refractivity contribution >= 4 is 46.5 Å². The van der Waals surface area contributed by atoms with Crippen LogP contribution in [0, 0.1) is 18.3 Å². The molecule has 2 fully saturated rings. The molecule has 19 heteroatoms. The van der Waals surface area contributed by atoms with E-state index in [9.17, 15) is 29.4 Å². The van der Waals surface area contributed by atoms with E-state index in [2.05, 4.69) is 49.4 Å². The molecule has 0 radical (unpaired) electrons. The van der Waals surface area contributed by atoms with Crippen LogP contribution in [0.15, 0.2) is 66.0 Å². The number of thiophene rings is 1. The first kappa shape index (κ1) is 51.7. The smallest absolute Gasteiger partial charge is 0.246 e. The molecule has 68 heavy (non-hydrogen) atoms. The maximum Gasteiger partial charge on any atom is 0.246 e. The van der Waals surface area contributed by atoms with E-state index in [1.807, 2.05) is 57.2 Å². The second kappa shape index (κ2) is 25.1. The second-order valence-electron chi connectivity index (χ2n) is 18.1. The number of anilines is 2. The van der Waals surface area contributed by atoms with E-state index in [1.165, 1.54) is 15.3 Å². The lowest BCUT2D eigenvalue weighted by atomic mass is 9.85. The molecule has 2 aromatic carbocycles. The number of aromatic hydroxyl groups is 1. The first-order chi connectivity index (χ1) is 32.7. The van der Waals surface area contributed by atoms with Gasteiger partial charge in [0.2, 0.25) is 23.6 Å². The monoisotopic (exact) mass is 958 g/mol. The first-order valence-electron chi connectivity index (χ1n) is 23.1. The summed E-state index contributed by atoms with van der Waals surface area (Å²) in [6.45, 7) is 11.2. The zero-order valence-corrected chi connectivity index (χ0v) is 40.2. The lowest BCUT2D eigenvalue weighted by Gasteiger charge is -2.35. The van der Waals surface area contributed by atoms with Crippen molar-refractivity contribution in [2.75, 3.05) is 89.7 Å². The topological polar surface area (TPSA) is 240 Å². The van der Waals surface area contributed by atoms with Gasteiger partial charge in [0.25, 0.3) is 0 Å². The Labute approximate surface area is 401 Å². The minimum absolute atomic E-state index is 0.0139. The third-order valence-corrected chi connectivity index (χ3v) is 13.0. The summed E-state index contributed by atoms with van der Waals surface area (Å²) in [5, 5.41) is 39.8. The van der Waals surface area contributed by atoms with Crippen LogP contribution in [0.25, 0.3) is 21.7 Å². The number of phenolic OH excluding ortho intramolecular Hbond substituents is 1. The molecule has 4 heterocycles. The Morgan fingerprint density at radius 1 is 0.868 bits per heavy atom. The fraction of sp³-hybridized carbons (Fsp3) is 0.510.